The van der Waals surface area contributed by atoms with E-state index in [1.807, 2.05) is 0 Å². The summed E-state index contributed by atoms with van der Waals surface area (Å²) in [5, 5.41) is 10.2. The largest absolute Gasteiger partial charge is 0.372 e. The van der Waals surface area contributed by atoms with E-state index in [9.17, 15) is 9.90 Å². The monoisotopic (exact) mass is 203 g/mol. The molecule has 1 fully saturated rings. The smallest absolute Gasteiger partial charge is 0.225 e. The van der Waals surface area contributed by atoms with Crippen molar-refractivity contribution in [1.29, 1.82) is 0 Å². The number of carbonyl (C=O) groups is 1. The van der Waals surface area contributed by atoms with Crippen molar-refractivity contribution in [3.8, 4) is 0 Å². The van der Waals surface area contributed by atoms with Crippen LogP contribution in [0.25, 0.3) is 0 Å². The van der Waals surface area contributed by atoms with Gasteiger partial charge in [-0.15, -0.1) is 0 Å². The molecule has 3 atom stereocenters. The number of carbonyl (C=O) groups excluding carboxylic acids is 1. The van der Waals surface area contributed by atoms with Crippen LogP contribution < -0.4 is 0 Å². The first-order valence-electron chi connectivity index (χ1n) is 4.65. The summed E-state index contributed by atoms with van der Waals surface area (Å²) >= 11 is 1.71. The van der Waals surface area contributed by atoms with Gasteiger partial charge in [-0.1, -0.05) is 13.8 Å². The second-order valence-corrected chi connectivity index (χ2v) is 5.20. The van der Waals surface area contributed by atoms with Gasteiger partial charge in [-0.05, 0) is 6.42 Å². The lowest BCUT2D eigenvalue weighted by atomic mass is 10.3. The maximum Gasteiger partial charge on any atom is 0.225 e. The van der Waals surface area contributed by atoms with Crippen LogP contribution in [0.4, 0.5) is 0 Å². The fourth-order valence-electron chi connectivity index (χ4n) is 1.33. The summed E-state index contributed by atoms with van der Waals surface area (Å²) in [7, 11) is 1.66. The molecule has 0 aliphatic carbocycles. The fraction of sp³-hybridized carbons (Fsp3) is 0.889. The van der Waals surface area contributed by atoms with Crippen molar-refractivity contribution < 1.29 is 9.90 Å². The summed E-state index contributed by atoms with van der Waals surface area (Å²) in [5.41, 5.74) is 0. The molecule has 3 nitrogen and oxygen atoms in total. The third-order valence-electron chi connectivity index (χ3n) is 2.48. The Morgan fingerprint density at radius 1 is 1.77 bits per heavy atom. The molecule has 1 N–H and O–H groups in total. The minimum atomic E-state index is -0.591. The number of amides is 1. The van der Waals surface area contributed by atoms with Crippen LogP contribution in [-0.4, -0.2) is 39.7 Å². The van der Waals surface area contributed by atoms with Crippen LogP contribution in [0.2, 0.25) is 0 Å². The van der Waals surface area contributed by atoms with E-state index >= 15 is 0 Å². The van der Waals surface area contributed by atoms with Gasteiger partial charge in [0.2, 0.25) is 5.91 Å². The Morgan fingerprint density at radius 2 is 2.38 bits per heavy atom. The number of aliphatic hydroxyl groups is 1. The van der Waals surface area contributed by atoms with E-state index in [0.29, 0.717) is 11.7 Å². The summed E-state index contributed by atoms with van der Waals surface area (Å²) < 4.78 is 0. The van der Waals surface area contributed by atoms with Gasteiger partial charge in [-0.3, -0.25) is 4.79 Å². The first-order chi connectivity index (χ1) is 6.06. The van der Waals surface area contributed by atoms with E-state index in [1.165, 1.54) is 4.90 Å². The molecule has 1 amide bonds. The average molecular weight is 203 g/mol. The predicted octanol–water partition coefficient (Wildman–Crippen LogP) is 1.07. The Balaban J connectivity index is 2.49. The Hall–Kier alpha value is -0.220. The van der Waals surface area contributed by atoms with Crippen LogP contribution in [0, 0.1) is 0 Å². The van der Waals surface area contributed by atoms with Crippen LogP contribution in [0.1, 0.15) is 26.7 Å². The van der Waals surface area contributed by atoms with Crippen molar-refractivity contribution in [2.45, 2.75) is 43.4 Å². The molecule has 1 aliphatic heterocycles. The molecule has 0 radical (unpaired) electrons. The Kier molecular flexibility index (Phi) is 3.62. The highest BCUT2D eigenvalue weighted by Gasteiger charge is 2.36. The SMILES string of the molecule is CCC(C)SC1CC(=O)N(C)C1O. The molecule has 3 unspecified atom stereocenters. The molecule has 13 heavy (non-hydrogen) atoms. The quantitative estimate of drug-likeness (QED) is 0.746. The standard InChI is InChI=1S/C9H17NO2S/c1-4-6(2)13-7-5-8(11)10(3)9(7)12/h6-7,9,12H,4-5H2,1-3H3. The van der Waals surface area contributed by atoms with Gasteiger partial charge in [0.1, 0.15) is 6.23 Å². The first kappa shape index (κ1) is 10.9. The van der Waals surface area contributed by atoms with Gasteiger partial charge in [0.25, 0.3) is 0 Å². The van der Waals surface area contributed by atoms with Gasteiger partial charge < -0.3 is 10.0 Å². The van der Waals surface area contributed by atoms with Crippen LogP contribution in [0.15, 0.2) is 0 Å². The van der Waals surface area contributed by atoms with E-state index in [0.717, 1.165) is 6.42 Å². The minimum absolute atomic E-state index is 0.0494. The number of likely N-dealkylation sites (tertiary alicyclic amines) is 1. The van der Waals surface area contributed by atoms with Crippen LogP contribution >= 0.6 is 11.8 Å². The molecule has 76 valence electrons. The molecule has 1 saturated heterocycles. The number of rotatable bonds is 3. The predicted molar refractivity (Wildman–Crippen MR) is 54.5 cm³/mol. The highest BCUT2D eigenvalue weighted by molar-refractivity contribution is 8.00. The third kappa shape index (κ3) is 2.38. The average Bonchev–Trinajstić information content (AvgIpc) is 2.34. The summed E-state index contributed by atoms with van der Waals surface area (Å²) in [6.07, 6.45) is 0.963. The van der Waals surface area contributed by atoms with E-state index in [4.69, 9.17) is 0 Å². The number of nitrogens with zero attached hydrogens (tertiary/aromatic N) is 1. The zero-order chi connectivity index (χ0) is 10.0. The van der Waals surface area contributed by atoms with Crippen LogP contribution in [0.3, 0.4) is 0 Å². The number of aliphatic hydroxyl groups excluding tert-OH is 1. The Bertz CT molecular complexity index is 198. The van der Waals surface area contributed by atoms with E-state index < -0.39 is 6.23 Å². The summed E-state index contributed by atoms with van der Waals surface area (Å²) in [6, 6.07) is 0. The maximum absolute atomic E-state index is 11.2. The zero-order valence-corrected chi connectivity index (χ0v) is 9.17. The normalized spacial score (nSPS) is 31.1. The lowest BCUT2D eigenvalue weighted by Gasteiger charge is -2.20. The van der Waals surface area contributed by atoms with E-state index in [2.05, 4.69) is 13.8 Å². The van der Waals surface area contributed by atoms with Crippen LogP contribution in [0.5, 0.6) is 0 Å². The number of hydrogen-bond acceptors (Lipinski definition) is 3. The molecule has 0 spiro atoms. The van der Waals surface area contributed by atoms with Crippen molar-refractivity contribution >= 4 is 17.7 Å². The topological polar surface area (TPSA) is 40.5 Å². The van der Waals surface area contributed by atoms with Crippen LogP contribution in [-0.2, 0) is 4.79 Å². The molecule has 0 aromatic carbocycles. The highest BCUT2D eigenvalue weighted by atomic mass is 32.2. The van der Waals surface area contributed by atoms with Crippen molar-refractivity contribution in [2.75, 3.05) is 7.05 Å². The molecular formula is C9H17NO2S. The van der Waals surface area contributed by atoms with Gasteiger partial charge in [0, 0.05) is 18.7 Å². The lowest BCUT2D eigenvalue weighted by molar-refractivity contribution is -0.131. The third-order valence-corrected chi connectivity index (χ3v) is 4.04. The lowest BCUT2D eigenvalue weighted by Crippen LogP contribution is -2.32. The molecule has 0 aromatic heterocycles. The second kappa shape index (κ2) is 4.33. The van der Waals surface area contributed by atoms with Crippen molar-refractivity contribution in [3.63, 3.8) is 0 Å². The first-order valence-corrected chi connectivity index (χ1v) is 5.59. The second-order valence-electron chi connectivity index (χ2n) is 3.52. The summed E-state index contributed by atoms with van der Waals surface area (Å²) in [6.45, 7) is 4.24. The number of hydrogen-bond donors (Lipinski definition) is 1. The minimum Gasteiger partial charge on any atom is -0.372 e. The molecular weight excluding hydrogens is 186 g/mol. The molecule has 0 bridgehead atoms. The molecule has 1 heterocycles. The van der Waals surface area contributed by atoms with Crippen molar-refractivity contribution in [2.24, 2.45) is 0 Å². The molecule has 4 heteroatoms. The molecule has 1 rings (SSSR count). The van der Waals surface area contributed by atoms with Gasteiger partial charge in [-0.2, -0.15) is 11.8 Å². The van der Waals surface area contributed by atoms with Crippen molar-refractivity contribution in [1.82, 2.24) is 4.90 Å². The van der Waals surface area contributed by atoms with E-state index in [-0.39, 0.29) is 11.2 Å². The van der Waals surface area contributed by atoms with Gasteiger partial charge >= 0.3 is 0 Å². The molecule has 1 aliphatic rings. The number of thioether (sulfide) groups is 1. The highest BCUT2D eigenvalue weighted by Crippen LogP contribution is 2.31. The van der Waals surface area contributed by atoms with Gasteiger partial charge in [0.05, 0.1) is 5.25 Å². The van der Waals surface area contributed by atoms with Crippen molar-refractivity contribution in [3.05, 3.63) is 0 Å². The molecule has 0 aromatic rings. The maximum atomic E-state index is 11.2. The summed E-state index contributed by atoms with van der Waals surface area (Å²) in [4.78, 5) is 12.6. The zero-order valence-electron chi connectivity index (χ0n) is 8.36. The van der Waals surface area contributed by atoms with Gasteiger partial charge in [-0.25, -0.2) is 0 Å². The molecule has 0 saturated carbocycles. The Labute approximate surface area is 83.5 Å². The summed E-state index contributed by atoms with van der Waals surface area (Å²) in [5.74, 6) is 0.0494. The van der Waals surface area contributed by atoms with E-state index in [1.54, 1.807) is 18.8 Å². The fourth-order valence-corrected chi connectivity index (χ4v) is 2.68. The Morgan fingerprint density at radius 3 is 2.77 bits per heavy atom. The van der Waals surface area contributed by atoms with Gasteiger partial charge in [0.15, 0.2) is 0 Å².